The SMILES string of the molecule is COC(=O)Nc1cc2onc(C(=O)Nc3ccc(C#N)cc3C(=O)O)c2cc1-c1ccccc1OC. The van der Waals surface area contributed by atoms with E-state index in [4.69, 9.17) is 19.3 Å². The largest absolute Gasteiger partial charge is 0.496 e. The summed E-state index contributed by atoms with van der Waals surface area (Å²) in [6, 6.07) is 15.9. The molecule has 3 N–H and O–H groups in total. The Morgan fingerprint density at radius 2 is 1.78 bits per heavy atom. The number of aromatic nitrogens is 1. The van der Waals surface area contributed by atoms with Crippen LogP contribution in [0.2, 0.25) is 0 Å². The normalized spacial score (nSPS) is 10.4. The van der Waals surface area contributed by atoms with Crippen molar-refractivity contribution in [1.82, 2.24) is 5.16 Å². The topological polar surface area (TPSA) is 164 Å². The van der Waals surface area contributed by atoms with Crippen molar-refractivity contribution in [2.75, 3.05) is 24.9 Å². The number of amides is 2. The number of nitriles is 1. The minimum Gasteiger partial charge on any atom is -0.496 e. The molecule has 0 aliphatic carbocycles. The standard InChI is InChI=1S/C25H18N4O7/c1-34-20-6-4-3-5-14(20)15-10-17-21(11-19(15)28-25(33)35-2)36-29-22(17)23(30)27-18-8-7-13(12-26)9-16(18)24(31)32/h3-11H,1-2H3,(H,27,30)(H,28,33)(H,31,32). The molecule has 0 saturated carbocycles. The Labute approximate surface area is 203 Å². The lowest BCUT2D eigenvalue weighted by Gasteiger charge is -2.14. The van der Waals surface area contributed by atoms with Crippen LogP contribution in [0, 0.1) is 11.3 Å². The molecular formula is C25H18N4O7. The third kappa shape index (κ3) is 4.51. The molecule has 0 radical (unpaired) electrons. The van der Waals surface area contributed by atoms with E-state index in [2.05, 4.69) is 15.8 Å². The molecule has 0 fully saturated rings. The fourth-order valence-corrected chi connectivity index (χ4v) is 3.58. The lowest BCUT2D eigenvalue weighted by Crippen LogP contribution is -2.15. The van der Waals surface area contributed by atoms with Gasteiger partial charge >= 0.3 is 12.1 Å². The minimum absolute atomic E-state index is 0.0171. The summed E-state index contributed by atoms with van der Waals surface area (Å²) >= 11 is 0. The third-order valence-corrected chi connectivity index (χ3v) is 5.27. The first-order valence-corrected chi connectivity index (χ1v) is 10.4. The number of benzene rings is 3. The number of methoxy groups -OCH3 is 2. The Balaban J connectivity index is 1.82. The van der Waals surface area contributed by atoms with Crippen molar-refractivity contribution >= 4 is 40.3 Å². The number of nitrogens with zero attached hydrogens (tertiary/aromatic N) is 2. The van der Waals surface area contributed by atoms with Crippen LogP contribution in [-0.4, -0.2) is 42.5 Å². The molecule has 0 spiro atoms. The number of carboxylic acid groups (broad SMARTS) is 1. The van der Waals surface area contributed by atoms with Crippen molar-refractivity contribution in [3.8, 4) is 22.9 Å². The molecule has 2 amide bonds. The number of hydrogen-bond acceptors (Lipinski definition) is 8. The molecule has 3 aromatic carbocycles. The molecule has 0 bridgehead atoms. The van der Waals surface area contributed by atoms with E-state index in [9.17, 15) is 19.5 Å². The molecule has 4 rings (SSSR count). The first-order valence-electron chi connectivity index (χ1n) is 10.4. The van der Waals surface area contributed by atoms with Gasteiger partial charge in [-0.1, -0.05) is 23.4 Å². The molecule has 11 heteroatoms. The van der Waals surface area contributed by atoms with Crippen molar-refractivity contribution in [3.63, 3.8) is 0 Å². The summed E-state index contributed by atoms with van der Waals surface area (Å²) in [6.45, 7) is 0. The van der Waals surface area contributed by atoms with Crippen LogP contribution in [0.5, 0.6) is 5.75 Å². The van der Waals surface area contributed by atoms with Gasteiger partial charge in [-0.2, -0.15) is 5.26 Å². The molecule has 11 nitrogen and oxygen atoms in total. The van der Waals surface area contributed by atoms with E-state index in [1.807, 2.05) is 6.07 Å². The van der Waals surface area contributed by atoms with Crippen LogP contribution in [0.15, 0.2) is 59.1 Å². The van der Waals surface area contributed by atoms with Crippen molar-refractivity contribution in [2.45, 2.75) is 0 Å². The molecule has 0 saturated heterocycles. The summed E-state index contributed by atoms with van der Waals surface area (Å²) in [5.41, 5.74) is 1.35. The third-order valence-electron chi connectivity index (χ3n) is 5.27. The van der Waals surface area contributed by atoms with E-state index in [0.29, 0.717) is 28.0 Å². The predicted molar refractivity (Wildman–Crippen MR) is 128 cm³/mol. The van der Waals surface area contributed by atoms with Crippen LogP contribution in [0.4, 0.5) is 16.2 Å². The van der Waals surface area contributed by atoms with Gasteiger partial charge < -0.3 is 24.4 Å². The number of anilines is 2. The van der Waals surface area contributed by atoms with E-state index in [1.54, 1.807) is 30.3 Å². The van der Waals surface area contributed by atoms with Crippen LogP contribution in [0.3, 0.4) is 0 Å². The van der Waals surface area contributed by atoms with E-state index in [0.717, 1.165) is 6.07 Å². The van der Waals surface area contributed by atoms with Crippen molar-refractivity contribution in [3.05, 3.63) is 71.4 Å². The van der Waals surface area contributed by atoms with Gasteiger partial charge in [-0.15, -0.1) is 0 Å². The van der Waals surface area contributed by atoms with E-state index in [1.165, 1.54) is 32.4 Å². The van der Waals surface area contributed by atoms with Crippen LogP contribution < -0.4 is 15.4 Å². The highest BCUT2D eigenvalue weighted by atomic mass is 16.5. The Kier molecular flexibility index (Phi) is 6.51. The van der Waals surface area contributed by atoms with Crippen LogP contribution >= 0.6 is 0 Å². The molecule has 180 valence electrons. The Hall–Kier alpha value is -5.37. The first kappa shape index (κ1) is 23.8. The van der Waals surface area contributed by atoms with Crippen molar-refractivity contribution in [2.24, 2.45) is 0 Å². The Morgan fingerprint density at radius 3 is 2.47 bits per heavy atom. The number of carbonyl (C=O) groups excluding carboxylic acids is 2. The van der Waals surface area contributed by atoms with E-state index in [-0.39, 0.29) is 28.1 Å². The highest BCUT2D eigenvalue weighted by Crippen LogP contribution is 2.38. The molecule has 1 heterocycles. The van der Waals surface area contributed by atoms with Crippen molar-refractivity contribution < 1.29 is 33.5 Å². The van der Waals surface area contributed by atoms with Gasteiger partial charge in [0.25, 0.3) is 5.91 Å². The monoisotopic (exact) mass is 486 g/mol. The van der Waals surface area contributed by atoms with Gasteiger partial charge in [0.15, 0.2) is 11.3 Å². The molecule has 0 unspecified atom stereocenters. The number of fused-ring (bicyclic) bond motifs is 1. The zero-order chi connectivity index (χ0) is 25.8. The fourth-order valence-electron chi connectivity index (χ4n) is 3.58. The maximum atomic E-state index is 13.1. The molecule has 1 aromatic heterocycles. The van der Waals surface area contributed by atoms with Gasteiger partial charge in [0, 0.05) is 17.2 Å². The maximum Gasteiger partial charge on any atom is 0.411 e. The second-order valence-corrected chi connectivity index (χ2v) is 7.37. The molecule has 4 aromatic rings. The highest BCUT2D eigenvalue weighted by molar-refractivity contribution is 6.14. The van der Waals surface area contributed by atoms with Crippen LogP contribution in [0.1, 0.15) is 26.4 Å². The summed E-state index contributed by atoms with van der Waals surface area (Å²) in [6.07, 6.45) is -0.718. The van der Waals surface area contributed by atoms with Gasteiger partial charge in [-0.3, -0.25) is 10.1 Å². The number of hydrogen-bond donors (Lipinski definition) is 3. The molecule has 0 aliphatic heterocycles. The summed E-state index contributed by atoms with van der Waals surface area (Å²) in [7, 11) is 2.72. The fraction of sp³-hybridized carbons (Fsp3) is 0.0800. The maximum absolute atomic E-state index is 13.1. The number of rotatable bonds is 6. The lowest BCUT2D eigenvalue weighted by atomic mass is 9.99. The predicted octanol–water partition coefficient (Wildman–Crippen LogP) is 4.50. The Morgan fingerprint density at radius 1 is 1.00 bits per heavy atom. The quantitative estimate of drug-likeness (QED) is 0.356. The van der Waals surface area contributed by atoms with Gasteiger partial charge in [0.2, 0.25) is 0 Å². The van der Waals surface area contributed by atoms with Crippen molar-refractivity contribution in [1.29, 1.82) is 5.26 Å². The highest BCUT2D eigenvalue weighted by Gasteiger charge is 2.23. The zero-order valence-electron chi connectivity index (χ0n) is 19.0. The van der Waals surface area contributed by atoms with Crippen LogP contribution in [0.25, 0.3) is 22.1 Å². The second kappa shape index (κ2) is 9.86. The smallest absolute Gasteiger partial charge is 0.411 e. The molecular weight excluding hydrogens is 468 g/mol. The summed E-state index contributed by atoms with van der Waals surface area (Å²) in [5, 5.41) is 27.8. The summed E-state index contributed by atoms with van der Waals surface area (Å²) in [4.78, 5) is 36.7. The lowest BCUT2D eigenvalue weighted by molar-refractivity contribution is 0.0698. The zero-order valence-corrected chi connectivity index (χ0v) is 19.0. The first-order chi connectivity index (χ1) is 17.4. The number of aromatic carboxylic acids is 1. The average molecular weight is 486 g/mol. The van der Waals surface area contributed by atoms with Crippen LogP contribution in [-0.2, 0) is 4.74 Å². The van der Waals surface area contributed by atoms with E-state index >= 15 is 0 Å². The Bertz CT molecular complexity index is 1550. The average Bonchev–Trinajstić information content (AvgIpc) is 3.31. The van der Waals surface area contributed by atoms with E-state index < -0.39 is 18.0 Å². The minimum atomic E-state index is -1.32. The molecule has 36 heavy (non-hydrogen) atoms. The second-order valence-electron chi connectivity index (χ2n) is 7.37. The van der Waals surface area contributed by atoms with Gasteiger partial charge in [0.1, 0.15) is 5.75 Å². The number of carboxylic acids is 1. The van der Waals surface area contributed by atoms with Gasteiger partial charge in [-0.05, 0) is 30.3 Å². The number of para-hydroxylation sites is 1. The molecule has 0 atom stereocenters. The van der Waals surface area contributed by atoms with Gasteiger partial charge in [0.05, 0.1) is 48.2 Å². The summed E-state index contributed by atoms with van der Waals surface area (Å²) < 4.78 is 15.5. The summed E-state index contributed by atoms with van der Waals surface area (Å²) in [5.74, 6) is -1.54. The number of carbonyl (C=O) groups is 3. The van der Waals surface area contributed by atoms with Gasteiger partial charge in [-0.25, -0.2) is 9.59 Å². The number of nitrogens with one attached hydrogen (secondary N) is 2. The molecule has 0 aliphatic rings. The number of ether oxygens (including phenoxy) is 2.